The zero-order valence-electron chi connectivity index (χ0n) is 17.9. The van der Waals surface area contributed by atoms with Crippen molar-refractivity contribution >= 4 is 41.3 Å². The van der Waals surface area contributed by atoms with E-state index in [4.69, 9.17) is 4.74 Å². The number of nitrogens with zero attached hydrogens (tertiary/aromatic N) is 1. The Morgan fingerprint density at radius 2 is 1.81 bits per heavy atom. The van der Waals surface area contributed by atoms with Gasteiger partial charge in [0.25, 0.3) is 5.91 Å². The van der Waals surface area contributed by atoms with Gasteiger partial charge in [-0.05, 0) is 43.0 Å². The molecule has 2 atom stereocenters. The van der Waals surface area contributed by atoms with Crippen LogP contribution in [0.4, 0.5) is 10.5 Å². The van der Waals surface area contributed by atoms with Gasteiger partial charge in [-0.3, -0.25) is 19.7 Å². The molecule has 1 aliphatic heterocycles. The number of urea groups is 1. The van der Waals surface area contributed by atoms with Gasteiger partial charge in [0.1, 0.15) is 0 Å². The number of amides is 4. The van der Waals surface area contributed by atoms with E-state index in [1.54, 1.807) is 11.8 Å². The van der Waals surface area contributed by atoms with Crippen LogP contribution in [-0.4, -0.2) is 42.7 Å². The first-order chi connectivity index (χ1) is 15.4. The summed E-state index contributed by atoms with van der Waals surface area (Å²) in [6, 6.07) is 16.0. The number of ether oxygens (including phenoxy) is 1. The molecule has 0 radical (unpaired) electrons. The van der Waals surface area contributed by atoms with Crippen LogP contribution in [0.15, 0.2) is 59.5 Å². The fraction of sp³-hybridized carbons (Fsp3) is 0.304. The van der Waals surface area contributed by atoms with E-state index >= 15 is 0 Å². The maximum Gasteiger partial charge on any atom is 0.321 e. The highest BCUT2D eigenvalue weighted by Gasteiger charge is 2.37. The van der Waals surface area contributed by atoms with Crippen LogP contribution in [0.1, 0.15) is 18.9 Å². The number of esters is 1. The maximum atomic E-state index is 12.5. The van der Waals surface area contributed by atoms with Gasteiger partial charge in [-0.2, -0.15) is 0 Å². The fourth-order valence-electron chi connectivity index (χ4n) is 3.24. The van der Waals surface area contributed by atoms with Gasteiger partial charge >= 0.3 is 12.0 Å². The number of nitrogens with one attached hydrogen (secondary N) is 2. The van der Waals surface area contributed by atoms with Crippen LogP contribution < -0.4 is 15.5 Å². The number of rotatable bonds is 7. The quantitative estimate of drug-likeness (QED) is 0.491. The highest BCUT2D eigenvalue weighted by Crippen LogP contribution is 2.27. The largest absolute Gasteiger partial charge is 0.452 e. The molecule has 1 aliphatic rings. The first-order valence-electron chi connectivity index (χ1n) is 10.1. The van der Waals surface area contributed by atoms with E-state index in [0.717, 1.165) is 10.5 Å². The molecule has 0 spiro atoms. The number of imide groups is 1. The standard InChI is InChI=1S/C23H25N3O5S/c1-15(21(28)25-23(30)24-13-16-6-4-3-5-7-16)31-22(29)17-12-20(27)26(14-17)18-8-10-19(32-2)11-9-18/h3-11,15,17H,12-14H2,1-2H3,(H2,24,25,28,30). The summed E-state index contributed by atoms with van der Waals surface area (Å²) in [5.74, 6) is -2.24. The summed E-state index contributed by atoms with van der Waals surface area (Å²) in [7, 11) is 0. The molecule has 3 rings (SSSR count). The second kappa shape index (κ2) is 10.8. The molecular weight excluding hydrogens is 430 g/mol. The third-order valence-electron chi connectivity index (χ3n) is 5.04. The molecule has 1 fully saturated rings. The van der Waals surface area contributed by atoms with E-state index in [1.807, 2.05) is 60.9 Å². The fourth-order valence-corrected chi connectivity index (χ4v) is 3.65. The number of benzene rings is 2. The monoisotopic (exact) mass is 455 g/mol. The normalized spacial score (nSPS) is 16.4. The molecule has 2 aromatic rings. The van der Waals surface area contributed by atoms with Crippen LogP contribution in [0.5, 0.6) is 0 Å². The van der Waals surface area contributed by atoms with E-state index in [-0.39, 0.29) is 25.4 Å². The van der Waals surface area contributed by atoms with E-state index in [1.165, 1.54) is 11.8 Å². The Morgan fingerprint density at radius 3 is 2.47 bits per heavy atom. The van der Waals surface area contributed by atoms with Crippen molar-refractivity contribution in [2.45, 2.75) is 30.9 Å². The molecule has 1 heterocycles. The summed E-state index contributed by atoms with van der Waals surface area (Å²) in [5, 5.41) is 4.72. The average molecular weight is 456 g/mol. The van der Waals surface area contributed by atoms with Crippen molar-refractivity contribution in [3.63, 3.8) is 0 Å². The topological polar surface area (TPSA) is 105 Å². The summed E-state index contributed by atoms with van der Waals surface area (Å²) in [4.78, 5) is 51.6. The molecule has 1 saturated heterocycles. The molecule has 9 heteroatoms. The van der Waals surface area contributed by atoms with Crippen molar-refractivity contribution < 1.29 is 23.9 Å². The van der Waals surface area contributed by atoms with Gasteiger partial charge in [0.2, 0.25) is 5.91 Å². The molecule has 0 bridgehead atoms. The van der Waals surface area contributed by atoms with E-state index in [0.29, 0.717) is 5.69 Å². The van der Waals surface area contributed by atoms with Crippen molar-refractivity contribution in [3.05, 3.63) is 60.2 Å². The summed E-state index contributed by atoms with van der Waals surface area (Å²) >= 11 is 1.60. The van der Waals surface area contributed by atoms with Gasteiger partial charge < -0.3 is 15.0 Å². The lowest BCUT2D eigenvalue weighted by atomic mass is 10.1. The van der Waals surface area contributed by atoms with Crippen molar-refractivity contribution in [3.8, 4) is 0 Å². The molecule has 2 unspecified atom stereocenters. The highest BCUT2D eigenvalue weighted by atomic mass is 32.2. The van der Waals surface area contributed by atoms with Crippen LogP contribution in [0, 0.1) is 5.92 Å². The second-order valence-corrected chi connectivity index (χ2v) is 8.22. The minimum atomic E-state index is -1.17. The van der Waals surface area contributed by atoms with Crippen LogP contribution in [0.25, 0.3) is 0 Å². The molecular formula is C23H25N3O5S. The Balaban J connectivity index is 1.47. The number of carbonyl (C=O) groups is 4. The van der Waals surface area contributed by atoms with Crippen LogP contribution >= 0.6 is 11.8 Å². The number of hydrogen-bond donors (Lipinski definition) is 2. The summed E-state index contributed by atoms with van der Waals surface area (Å²) in [6.07, 6.45) is 0.802. The van der Waals surface area contributed by atoms with Crippen molar-refractivity contribution in [1.82, 2.24) is 10.6 Å². The van der Waals surface area contributed by atoms with Gasteiger partial charge in [0.05, 0.1) is 5.92 Å². The third kappa shape index (κ3) is 6.10. The van der Waals surface area contributed by atoms with Crippen molar-refractivity contribution in [2.24, 2.45) is 5.92 Å². The molecule has 2 N–H and O–H groups in total. The Kier molecular flexibility index (Phi) is 7.88. The van der Waals surface area contributed by atoms with Crippen LogP contribution in [-0.2, 0) is 25.7 Å². The van der Waals surface area contributed by atoms with Gasteiger partial charge in [0.15, 0.2) is 6.10 Å². The molecule has 0 saturated carbocycles. The summed E-state index contributed by atoms with van der Waals surface area (Å²) in [6.45, 7) is 1.82. The Labute approximate surface area is 190 Å². The minimum Gasteiger partial charge on any atom is -0.452 e. The zero-order valence-corrected chi connectivity index (χ0v) is 18.7. The van der Waals surface area contributed by atoms with Crippen molar-refractivity contribution in [1.29, 1.82) is 0 Å². The first kappa shape index (κ1) is 23.3. The number of anilines is 1. The number of carbonyl (C=O) groups excluding carboxylic acids is 4. The number of hydrogen-bond acceptors (Lipinski definition) is 6. The van der Waals surface area contributed by atoms with Crippen molar-refractivity contribution in [2.75, 3.05) is 17.7 Å². The molecule has 8 nitrogen and oxygen atoms in total. The minimum absolute atomic E-state index is 0.00894. The smallest absolute Gasteiger partial charge is 0.321 e. The summed E-state index contributed by atoms with van der Waals surface area (Å²) in [5.41, 5.74) is 1.59. The van der Waals surface area contributed by atoms with Gasteiger partial charge in [-0.15, -0.1) is 11.8 Å². The molecule has 0 aromatic heterocycles. The second-order valence-electron chi connectivity index (χ2n) is 7.34. The van der Waals surface area contributed by atoms with Gasteiger partial charge in [0, 0.05) is 30.1 Å². The zero-order chi connectivity index (χ0) is 23.1. The highest BCUT2D eigenvalue weighted by molar-refractivity contribution is 7.98. The lowest BCUT2D eigenvalue weighted by Crippen LogP contribution is -2.45. The van der Waals surface area contributed by atoms with E-state index in [2.05, 4.69) is 10.6 Å². The Bertz CT molecular complexity index is 981. The van der Waals surface area contributed by atoms with Gasteiger partial charge in [-0.25, -0.2) is 4.79 Å². The molecule has 32 heavy (non-hydrogen) atoms. The predicted octanol–water partition coefficient (Wildman–Crippen LogP) is 2.72. The van der Waals surface area contributed by atoms with E-state index in [9.17, 15) is 19.2 Å². The maximum absolute atomic E-state index is 12.5. The van der Waals surface area contributed by atoms with Crippen LogP contribution in [0.3, 0.4) is 0 Å². The lowest BCUT2D eigenvalue weighted by molar-refractivity contribution is -0.158. The molecule has 168 valence electrons. The predicted molar refractivity (Wildman–Crippen MR) is 121 cm³/mol. The Morgan fingerprint density at radius 1 is 1.12 bits per heavy atom. The molecule has 0 aliphatic carbocycles. The van der Waals surface area contributed by atoms with Gasteiger partial charge in [-0.1, -0.05) is 30.3 Å². The molecule has 4 amide bonds. The lowest BCUT2D eigenvalue weighted by Gasteiger charge is -2.18. The summed E-state index contributed by atoms with van der Waals surface area (Å²) < 4.78 is 5.22. The average Bonchev–Trinajstić information content (AvgIpc) is 3.20. The first-order valence-corrected chi connectivity index (χ1v) is 11.4. The van der Waals surface area contributed by atoms with E-state index < -0.39 is 29.9 Å². The molecule has 2 aromatic carbocycles. The SMILES string of the molecule is CSc1ccc(N2CC(C(=O)OC(C)C(=O)NC(=O)NCc3ccccc3)CC2=O)cc1. The third-order valence-corrected chi connectivity index (χ3v) is 5.78. The number of thioether (sulfide) groups is 1. The Hall–Kier alpha value is -3.33. The van der Waals surface area contributed by atoms with Crippen LogP contribution in [0.2, 0.25) is 0 Å².